The van der Waals surface area contributed by atoms with Crippen LogP contribution in [0.25, 0.3) is 35.4 Å². The van der Waals surface area contributed by atoms with Gasteiger partial charge in [-0.1, -0.05) is 187 Å². The van der Waals surface area contributed by atoms with Gasteiger partial charge in [0.2, 0.25) is 0 Å². The van der Waals surface area contributed by atoms with Crippen molar-refractivity contribution in [2.75, 3.05) is 0 Å². The lowest BCUT2D eigenvalue weighted by Gasteiger charge is -2.34. The monoisotopic (exact) mass is 538 g/mol. The molecule has 0 atom stereocenters. The van der Waals surface area contributed by atoms with Crippen molar-refractivity contribution >= 4 is 24.3 Å². The van der Waals surface area contributed by atoms with Gasteiger partial charge in [-0.05, 0) is 57.3 Å². The van der Waals surface area contributed by atoms with Gasteiger partial charge >= 0.3 is 0 Å². The number of unbranched alkanes of at least 4 members (excludes halogenated alkanes) is 6. The van der Waals surface area contributed by atoms with Crippen LogP contribution in [-0.4, -0.2) is 0 Å². The Morgan fingerprint density at radius 1 is 0.488 bits per heavy atom. The van der Waals surface area contributed by atoms with E-state index in [0.717, 1.165) is 0 Å². The number of rotatable bonds is 14. The van der Waals surface area contributed by atoms with E-state index in [1.807, 2.05) is 0 Å². The Hall–Kier alpha value is -3.64. The molecule has 0 nitrogen and oxygen atoms in total. The van der Waals surface area contributed by atoms with Crippen molar-refractivity contribution in [2.45, 2.75) is 83.5 Å². The molecule has 0 unspecified atom stereocenters. The van der Waals surface area contributed by atoms with Crippen LogP contribution in [0.5, 0.6) is 0 Å². The van der Waals surface area contributed by atoms with Crippen LogP contribution in [0.1, 0.15) is 111 Å². The maximum Gasteiger partial charge on any atom is 0.0221 e. The first-order valence-electron chi connectivity index (χ1n) is 16.0. The second-order valence-corrected chi connectivity index (χ2v) is 11.7. The van der Waals surface area contributed by atoms with Gasteiger partial charge in [-0.3, -0.25) is 0 Å². The van der Waals surface area contributed by atoms with Gasteiger partial charge in [0.1, 0.15) is 0 Å². The molecule has 0 fully saturated rings. The Balaban J connectivity index is 1.68. The van der Waals surface area contributed by atoms with E-state index in [2.05, 4.69) is 135 Å². The van der Waals surface area contributed by atoms with Crippen LogP contribution in [-0.2, 0) is 5.41 Å². The van der Waals surface area contributed by atoms with Gasteiger partial charge in [-0.2, -0.15) is 0 Å². The van der Waals surface area contributed by atoms with E-state index in [1.54, 1.807) is 11.1 Å². The predicted molar refractivity (Wildman–Crippen MR) is 181 cm³/mol. The van der Waals surface area contributed by atoms with E-state index in [0.29, 0.717) is 0 Å². The quantitative estimate of drug-likeness (QED) is 0.111. The Morgan fingerprint density at radius 2 is 1.00 bits per heavy atom. The minimum Gasteiger partial charge on any atom is -0.0654 e. The number of hydrogen-bond acceptors (Lipinski definition) is 0. The first-order chi connectivity index (χ1) is 20.3. The Labute approximate surface area is 248 Å². The number of benzene rings is 4. The van der Waals surface area contributed by atoms with Crippen LogP contribution in [0, 0.1) is 0 Å². The van der Waals surface area contributed by atoms with Gasteiger partial charge in [-0.15, -0.1) is 0 Å². The Morgan fingerprint density at radius 3 is 1.59 bits per heavy atom. The van der Waals surface area contributed by atoms with Gasteiger partial charge in [0.15, 0.2) is 0 Å². The highest BCUT2D eigenvalue weighted by molar-refractivity contribution is 5.93. The van der Waals surface area contributed by atoms with Crippen molar-refractivity contribution in [3.05, 3.63) is 130 Å². The van der Waals surface area contributed by atoms with Crippen molar-refractivity contribution in [1.82, 2.24) is 0 Å². The summed E-state index contributed by atoms with van der Waals surface area (Å²) in [5, 5.41) is 0. The van der Waals surface area contributed by atoms with Crippen LogP contribution in [0.4, 0.5) is 0 Å². The van der Waals surface area contributed by atoms with Crippen LogP contribution in [0.15, 0.2) is 97.1 Å². The lowest BCUT2D eigenvalue weighted by molar-refractivity contribution is 0.400. The topological polar surface area (TPSA) is 0 Å². The summed E-state index contributed by atoms with van der Waals surface area (Å²) in [6, 6.07) is 35.5. The second-order valence-electron chi connectivity index (χ2n) is 11.7. The smallest absolute Gasteiger partial charge is 0.0221 e. The van der Waals surface area contributed by atoms with Crippen molar-refractivity contribution in [3.63, 3.8) is 0 Å². The fourth-order valence-electron chi connectivity index (χ4n) is 6.82. The lowest BCUT2D eigenvalue weighted by Crippen LogP contribution is -2.26. The normalized spacial score (nSPS) is 13.6. The van der Waals surface area contributed by atoms with Gasteiger partial charge in [-0.25, -0.2) is 0 Å². The lowest BCUT2D eigenvalue weighted by atomic mass is 9.69. The summed E-state index contributed by atoms with van der Waals surface area (Å²) in [5.41, 5.74) is 11.3. The van der Waals surface area contributed by atoms with Gasteiger partial charge in [0, 0.05) is 5.41 Å². The molecule has 0 N–H and O–H groups in total. The molecular weight excluding hydrogens is 492 g/mol. The zero-order chi connectivity index (χ0) is 28.3. The molecule has 1 aliphatic carbocycles. The maximum absolute atomic E-state index is 2.45. The standard InChI is InChI=1S/C41H46/c1-3-5-7-17-31-41(32-18-8-6-4-2)38-24-16-15-23-37(38)39-35(27-25-33-19-11-9-12-20-33)29-30-36(40(39)41)28-26-34-21-13-10-14-22-34/h9-16,19-30H,3-8,17-18,31-32H2,1-2H3/b27-25+,28-26+. The summed E-state index contributed by atoms with van der Waals surface area (Å²) >= 11 is 0. The zero-order valence-electron chi connectivity index (χ0n) is 25.1. The molecule has 0 heterocycles. The third kappa shape index (κ3) is 6.65. The van der Waals surface area contributed by atoms with Gasteiger partial charge in [0.05, 0.1) is 0 Å². The number of fused-ring (bicyclic) bond motifs is 3. The summed E-state index contributed by atoms with van der Waals surface area (Å²) < 4.78 is 0. The Kier molecular flexibility index (Phi) is 10.1. The van der Waals surface area contributed by atoms with E-state index < -0.39 is 0 Å². The summed E-state index contributed by atoms with van der Waals surface area (Å²) in [5.74, 6) is 0. The molecule has 210 valence electrons. The fourth-order valence-corrected chi connectivity index (χ4v) is 6.82. The first kappa shape index (κ1) is 28.9. The minimum absolute atomic E-state index is 0.0559. The van der Waals surface area contributed by atoms with E-state index in [4.69, 9.17) is 0 Å². The third-order valence-electron chi connectivity index (χ3n) is 8.88. The molecule has 0 bridgehead atoms. The molecule has 0 spiro atoms. The highest BCUT2D eigenvalue weighted by atomic mass is 14.5. The molecule has 41 heavy (non-hydrogen) atoms. The highest BCUT2D eigenvalue weighted by Gasteiger charge is 2.44. The molecule has 4 aromatic rings. The summed E-state index contributed by atoms with van der Waals surface area (Å²) in [4.78, 5) is 0. The van der Waals surface area contributed by atoms with Crippen molar-refractivity contribution in [1.29, 1.82) is 0 Å². The molecule has 0 aromatic heterocycles. The molecule has 0 radical (unpaired) electrons. The van der Waals surface area contributed by atoms with Crippen LogP contribution < -0.4 is 0 Å². The van der Waals surface area contributed by atoms with E-state index in [1.165, 1.54) is 97.6 Å². The fraction of sp³-hybridized carbons (Fsp3) is 0.317. The molecule has 1 aliphatic rings. The highest BCUT2D eigenvalue weighted by Crippen LogP contribution is 2.57. The van der Waals surface area contributed by atoms with E-state index in [-0.39, 0.29) is 5.41 Å². The SMILES string of the molecule is CCCCCCC1(CCCCCC)c2ccccc2-c2c(/C=C/c3ccccc3)ccc(/C=C/c3ccccc3)c21. The second kappa shape index (κ2) is 14.3. The minimum atomic E-state index is 0.0559. The zero-order valence-corrected chi connectivity index (χ0v) is 25.1. The number of hydrogen-bond donors (Lipinski definition) is 0. The summed E-state index contributed by atoms with van der Waals surface area (Å²) in [6.07, 6.45) is 22.1. The molecule has 0 saturated heterocycles. The van der Waals surface area contributed by atoms with E-state index in [9.17, 15) is 0 Å². The molecule has 0 amide bonds. The maximum atomic E-state index is 2.45. The van der Waals surface area contributed by atoms with Crippen molar-refractivity contribution in [3.8, 4) is 11.1 Å². The van der Waals surface area contributed by atoms with Crippen molar-refractivity contribution in [2.24, 2.45) is 0 Å². The van der Waals surface area contributed by atoms with Crippen LogP contribution in [0.2, 0.25) is 0 Å². The van der Waals surface area contributed by atoms with Crippen LogP contribution in [0.3, 0.4) is 0 Å². The average Bonchev–Trinajstić information content (AvgIpc) is 3.31. The molecule has 0 aliphatic heterocycles. The molecule has 0 saturated carbocycles. The van der Waals surface area contributed by atoms with Crippen LogP contribution >= 0.6 is 0 Å². The van der Waals surface area contributed by atoms with Crippen molar-refractivity contribution < 1.29 is 0 Å². The summed E-state index contributed by atoms with van der Waals surface area (Å²) in [6.45, 7) is 4.64. The molecular formula is C41H46. The first-order valence-corrected chi connectivity index (χ1v) is 16.0. The van der Waals surface area contributed by atoms with Gasteiger partial charge < -0.3 is 0 Å². The largest absolute Gasteiger partial charge is 0.0654 e. The molecule has 4 aromatic carbocycles. The van der Waals surface area contributed by atoms with Gasteiger partial charge in [0.25, 0.3) is 0 Å². The third-order valence-corrected chi connectivity index (χ3v) is 8.88. The summed E-state index contributed by atoms with van der Waals surface area (Å²) in [7, 11) is 0. The predicted octanol–water partition coefficient (Wildman–Crippen LogP) is 12.2. The molecule has 5 rings (SSSR count). The van der Waals surface area contributed by atoms with E-state index >= 15 is 0 Å². The molecule has 0 heteroatoms. The average molecular weight is 539 g/mol. The Bertz CT molecular complexity index is 1430.